The van der Waals surface area contributed by atoms with E-state index in [4.69, 9.17) is 4.74 Å². The van der Waals surface area contributed by atoms with Gasteiger partial charge in [0.25, 0.3) is 11.7 Å². The van der Waals surface area contributed by atoms with Crippen LogP contribution in [0.5, 0.6) is 0 Å². The molecule has 1 N–H and O–H groups in total. The van der Waals surface area contributed by atoms with Gasteiger partial charge < -0.3 is 10.1 Å². The lowest BCUT2D eigenvalue weighted by Gasteiger charge is -2.14. The Bertz CT molecular complexity index is 766. The predicted molar refractivity (Wildman–Crippen MR) is 97.4 cm³/mol. The molecule has 0 saturated heterocycles. The van der Waals surface area contributed by atoms with Crippen molar-refractivity contribution in [2.75, 3.05) is 5.32 Å². The van der Waals surface area contributed by atoms with Crippen molar-refractivity contribution in [3.05, 3.63) is 59.7 Å². The third kappa shape index (κ3) is 6.15. The molecular weight excluding hydrogens is 360 g/mol. The number of amides is 1. The number of alkyl halides is 2. The number of aryl methyl sites for hydroxylation is 1. The first-order valence-electron chi connectivity index (χ1n) is 7.95. The summed E-state index contributed by atoms with van der Waals surface area (Å²) in [6.07, 6.45) is -0.884. The smallest absolute Gasteiger partial charge is 0.311 e. The number of hydrogen-bond acceptors (Lipinski definition) is 4. The van der Waals surface area contributed by atoms with Gasteiger partial charge in [-0.15, -0.1) is 0 Å². The monoisotopic (exact) mass is 379 g/mol. The molecule has 0 aliphatic rings. The zero-order valence-corrected chi connectivity index (χ0v) is 15.2. The summed E-state index contributed by atoms with van der Waals surface area (Å²) in [6, 6.07) is 13.5. The summed E-state index contributed by atoms with van der Waals surface area (Å²) in [5, 5.41) is 2.59. The van der Waals surface area contributed by atoms with Crippen molar-refractivity contribution in [3.63, 3.8) is 0 Å². The number of hydrogen-bond donors (Lipinski definition) is 1. The number of benzene rings is 2. The fraction of sp³-hybridized carbons (Fsp3) is 0.263. The minimum Gasteiger partial charge on any atom is -0.452 e. The van der Waals surface area contributed by atoms with Gasteiger partial charge in [-0.05, 0) is 49.2 Å². The second-order valence-corrected chi connectivity index (χ2v) is 6.69. The van der Waals surface area contributed by atoms with E-state index >= 15 is 0 Å². The van der Waals surface area contributed by atoms with Crippen LogP contribution in [0, 0.1) is 6.92 Å². The van der Waals surface area contributed by atoms with Crippen LogP contribution in [0.1, 0.15) is 18.1 Å². The Morgan fingerprint density at radius 1 is 1.12 bits per heavy atom. The summed E-state index contributed by atoms with van der Waals surface area (Å²) in [5.41, 5.74) is 2.26. The van der Waals surface area contributed by atoms with Gasteiger partial charge in [0.05, 0.1) is 6.42 Å². The molecule has 0 spiro atoms. The van der Waals surface area contributed by atoms with E-state index in [-0.39, 0.29) is 6.42 Å². The molecule has 0 saturated carbocycles. The summed E-state index contributed by atoms with van der Waals surface area (Å²) in [7, 11) is 0. The highest BCUT2D eigenvalue weighted by atomic mass is 32.2. The number of ether oxygens (including phenoxy) is 1. The highest BCUT2D eigenvalue weighted by Gasteiger charge is 2.18. The maximum Gasteiger partial charge on any atom is 0.311 e. The quantitative estimate of drug-likeness (QED) is 0.571. The lowest BCUT2D eigenvalue weighted by molar-refractivity contribution is -0.152. The standard InChI is InChI=1S/C19H19F2NO3S/c1-12-5-3-4-6-14(12)11-17(23)25-13(2)18(24)22-15-7-9-16(10-8-15)26-19(20)21/h3-10,13,19H,11H2,1-2H3,(H,22,24)/t13-/m0/s1. The van der Waals surface area contributed by atoms with Crippen LogP contribution in [0.2, 0.25) is 0 Å². The number of carbonyl (C=O) groups is 2. The van der Waals surface area contributed by atoms with Gasteiger partial charge in [0.2, 0.25) is 0 Å². The first kappa shape index (κ1) is 19.9. The van der Waals surface area contributed by atoms with Crippen LogP contribution in [-0.2, 0) is 20.7 Å². The molecule has 26 heavy (non-hydrogen) atoms. The van der Waals surface area contributed by atoms with Gasteiger partial charge in [0.15, 0.2) is 6.10 Å². The Labute approximate surface area is 154 Å². The maximum absolute atomic E-state index is 12.3. The van der Waals surface area contributed by atoms with E-state index < -0.39 is 23.7 Å². The normalized spacial score (nSPS) is 11.9. The minimum atomic E-state index is -2.50. The maximum atomic E-state index is 12.3. The lowest BCUT2D eigenvalue weighted by Crippen LogP contribution is -2.30. The summed E-state index contributed by atoms with van der Waals surface area (Å²) >= 11 is 0.427. The Kier molecular flexibility index (Phi) is 7.15. The topological polar surface area (TPSA) is 55.4 Å². The Hall–Kier alpha value is -2.41. The third-order valence-electron chi connectivity index (χ3n) is 3.62. The van der Waals surface area contributed by atoms with Crippen molar-refractivity contribution in [3.8, 4) is 0 Å². The molecule has 0 aliphatic carbocycles. The summed E-state index contributed by atoms with van der Waals surface area (Å²) < 4.78 is 29.7. The average molecular weight is 379 g/mol. The summed E-state index contributed by atoms with van der Waals surface area (Å²) in [5.74, 6) is -3.48. The van der Waals surface area contributed by atoms with Crippen molar-refractivity contribution < 1.29 is 23.1 Å². The van der Waals surface area contributed by atoms with Gasteiger partial charge in [0, 0.05) is 10.6 Å². The van der Waals surface area contributed by atoms with Gasteiger partial charge in [-0.2, -0.15) is 8.78 Å². The number of thioether (sulfide) groups is 1. The Balaban J connectivity index is 1.87. The largest absolute Gasteiger partial charge is 0.452 e. The van der Waals surface area contributed by atoms with E-state index in [9.17, 15) is 18.4 Å². The summed E-state index contributed by atoms with van der Waals surface area (Å²) in [4.78, 5) is 24.5. The second kappa shape index (κ2) is 9.33. The lowest BCUT2D eigenvalue weighted by atomic mass is 10.1. The molecule has 0 aliphatic heterocycles. The SMILES string of the molecule is Cc1ccccc1CC(=O)O[C@@H](C)C(=O)Nc1ccc(SC(F)F)cc1. The molecule has 2 rings (SSSR count). The van der Waals surface area contributed by atoms with Crippen molar-refractivity contribution >= 4 is 29.3 Å². The predicted octanol–water partition coefficient (Wildman–Crippen LogP) is 4.42. The number of rotatable bonds is 7. The molecule has 1 atom stereocenters. The Morgan fingerprint density at radius 2 is 1.77 bits per heavy atom. The van der Waals surface area contributed by atoms with E-state index in [0.717, 1.165) is 11.1 Å². The zero-order valence-electron chi connectivity index (χ0n) is 14.4. The third-order valence-corrected chi connectivity index (χ3v) is 4.34. The molecule has 1 amide bonds. The van der Waals surface area contributed by atoms with Gasteiger partial charge in [-0.3, -0.25) is 9.59 Å². The molecule has 2 aromatic carbocycles. The molecule has 0 radical (unpaired) electrons. The second-order valence-electron chi connectivity index (χ2n) is 5.63. The van der Waals surface area contributed by atoms with E-state index in [2.05, 4.69) is 5.32 Å². The van der Waals surface area contributed by atoms with Crippen LogP contribution >= 0.6 is 11.8 Å². The van der Waals surface area contributed by atoms with Crippen molar-refractivity contribution in [2.24, 2.45) is 0 Å². The van der Waals surface area contributed by atoms with Crippen molar-refractivity contribution in [1.29, 1.82) is 0 Å². The van der Waals surface area contributed by atoms with Gasteiger partial charge in [-0.25, -0.2) is 0 Å². The van der Waals surface area contributed by atoms with Gasteiger partial charge in [0.1, 0.15) is 0 Å². The van der Waals surface area contributed by atoms with Crippen molar-refractivity contribution in [1.82, 2.24) is 0 Å². The zero-order chi connectivity index (χ0) is 19.1. The summed E-state index contributed by atoms with van der Waals surface area (Å²) in [6.45, 7) is 3.38. The fourth-order valence-electron chi connectivity index (χ4n) is 2.22. The first-order chi connectivity index (χ1) is 12.3. The van der Waals surface area contributed by atoms with Crippen molar-refractivity contribution in [2.45, 2.75) is 37.0 Å². The molecule has 2 aromatic rings. The average Bonchev–Trinajstić information content (AvgIpc) is 2.58. The van der Waals surface area contributed by atoms with Crippen LogP contribution < -0.4 is 5.32 Å². The minimum absolute atomic E-state index is 0.0871. The van der Waals surface area contributed by atoms with Crippen LogP contribution in [0.4, 0.5) is 14.5 Å². The molecule has 0 heterocycles. The number of anilines is 1. The molecule has 7 heteroatoms. The van der Waals surface area contributed by atoms with Crippen LogP contribution in [0.25, 0.3) is 0 Å². The van der Waals surface area contributed by atoms with Gasteiger partial charge in [-0.1, -0.05) is 36.0 Å². The molecule has 138 valence electrons. The molecular formula is C19H19F2NO3S. The molecule has 0 unspecified atom stereocenters. The molecule has 0 fully saturated rings. The van der Waals surface area contributed by atoms with E-state index in [1.54, 1.807) is 0 Å². The van der Waals surface area contributed by atoms with Crippen LogP contribution in [-0.4, -0.2) is 23.7 Å². The van der Waals surface area contributed by atoms with Crippen LogP contribution in [0.15, 0.2) is 53.4 Å². The fourth-order valence-corrected chi connectivity index (χ4v) is 2.72. The molecule has 4 nitrogen and oxygen atoms in total. The number of carbonyl (C=O) groups excluding carboxylic acids is 2. The van der Waals surface area contributed by atoms with E-state index in [0.29, 0.717) is 22.3 Å². The molecule has 0 aromatic heterocycles. The van der Waals surface area contributed by atoms with E-state index in [1.807, 2.05) is 31.2 Å². The number of esters is 1. The molecule has 0 bridgehead atoms. The highest BCUT2D eigenvalue weighted by molar-refractivity contribution is 7.99. The van der Waals surface area contributed by atoms with Crippen LogP contribution in [0.3, 0.4) is 0 Å². The Morgan fingerprint density at radius 3 is 2.38 bits per heavy atom. The number of halogens is 2. The number of nitrogens with one attached hydrogen (secondary N) is 1. The first-order valence-corrected chi connectivity index (χ1v) is 8.83. The van der Waals surface area contributed by atoms with Gasteiger partial charge >= 0.3 is 5.97 Å². The highest BCUT2D eigenvalue weighted by Crippen LogP contribution is 2.26. The van der Waals surface area contributed by atoms with E-state index in [1.165, 1.54) is 31.2 Å².